The zero-order chi connectivity index (χ0) is 26.8. The van der Waals surface area contributed by atoms with Crippen LogP contribution in [-0.2, 0) is 0 Å². The van der Waals surface area contributed by atoms with Crippen molar-refractivity contribution in [2.45, 2.75) is 13.0 Å². The molecule has 12 heteroatoms. The van der Waals surface area contributed by atoms with E-state index >= 15 is 0 Å². The predicted molar refractivity (Wildman–Crippen MR) is 134 cm³/mol. The molecule has 38 heavy (non-hydrogen) atoms. The van der Waals surface area contributed by atoms with Gasteiger partial charge in [0.05, 0.1) is 23.3 Å². The SMILES string of the molecule is CC(Nc1ncnc(N)c1C#Cc1cnccn1)c1nc2c(F)cccc2c(=O)n1-c1cc(F)cc(F)c1. The lowest BCUT2D eigenvalue weighted by molar-refractivity contribution is 0.579. The molecule has 3 aromatic heterocycles. The Bertz CT molecular complexity index is 1780. The molecule has 5 aromatic rings. The highest BCUT2D eigenvalue weighted by Gasteiger charge is 2.22. The first kappa shape index (κ1) is 24.4. The van der Waals surface area contributed by atoms with Crippen LogP contribution < -0.4 is 16.6 Å². The van der Waals surface area contributed by atoms with Gasteiger partial charge in [0.15, 0.2) is 0 Å². The first-order valence-electron chi connectivity index (χ1n) is 11.1. The van der Waals surface area contributed by atoms with Crippen molar-refractivity contribution in [1.29, 1.82) is 0 Å². The second-order valence-electron chi connectivity index (χ2n) is 8.06. The number of nitrogens with zero attached hydrogens (tertiary/aromatic N) is 6. The molecule has 1 unspecified atom stereocenters. The molecule has 0 aliphatic heterocycles. The third-order valence-electron chi connectivity index (χ3n) is 5.48. The third kappa shape index (κ3) is 4.72. The molecule has 3 heterocycles. The molecule has 0 radical (unpaired) electrons. The van der Waals surface area contributed by atoms with Gasteiger partial charge >= 0.3 is 0 Å². The summed E-state index contributed by atoms with van der Waals surface area (Å²) < 4.78 is 43.9. The van der Waals surface area contributed by atoms with E-state index in [0.717, 1.165) is 22.8 Å². The number of para-hydroxylation sites is 1. The number of fused-ring (bicyclic) bond motifs is 1. The zero-order valence-electron chi connectivity index (χ0n) is 19.7. The number of nitrogens with one attached hydrogen (secondary N) is 1. The molecule has 0 saturated carbocycles. The Morgan fingerprint density at radius 1 is 1.03 bits per heavy atom. The first-order valence-corrected chi connectivity index (χ1v) is 11.1. The highest BCUT2D eigenvalue weighted by atomic mass is 19.1. The summed E-state index contributed by atoms with van der Waals surface area (Å²) in [6.45, 7) is 1.61. The van der Waals surface area contributed by atoms with E-state index < -0.39 is 29.1 Å². The number of nitrogen functional groups attached to an aromatic ring is 1. The van der Waals surface area contributed by atoms with E-state index in [4.69, 9.17) is 5.73 Å². The average molecular weight is 514 g/mol. The van der Waals surface area contributed by atoms with E-state index in [9.17, 15) is 18.0 Å². The predicted octanol–water partition coefficient (Wildman–Crippen LogP) is 3.54. The fraction of sp³-hybridized carbons (Fsp3) is 0.0769. The van der Waals surface area contributed by atoms with Crippen LogP contribution in [0.15, 0.2) is 66.1 Å². The monoisotopic (exact) mass is 514 g/mol. The lowest BCUT2D eigenvalue weighted by Gasteiger charge is -2.21. The van der Waals surface area contributed by atoms with Crippen LogP contribution >= 0.6 is 0 Å². The van der Waals surface area contributed by atoms with Crippen LogP contribution in [0.25, 0.3) is 16.6 Å². The summed E-state index contributed by atoms with van der Waals surface area (Å²) in [5.41, 5.74) is 5.61. The molecule has 0 aliphatic rings. The molecule has 0 spiro atoms. The van der Waals surface area contributed by atoms with Gasteiger partial charge in [-0.05, 0) is 37.1 Å². The van der Waals surface area contributed by atoms with Gasteiger partial charge < -0.3 is 11.1 Å². The van der Waals surface area contributed by atoms with Crippen molar-refractivity contribution < 1.29 is 13.2 Å². The zero-order valence-corrected chi connectivity index (χ0v) is 19.7. The molecule has 2 aromatic carbocycles. The van der Waals surface area contributed by atoms with Gasteiger partial charge in [-0.15, -0.1) is 0 Å². The molecule has 0 fully saturated rings. The van der Waals surface area contributed by atoms with Crippen molar-refractivity contribution in [3.8, 4) is 17.5 Å². The van der Waals surface area contributed by atoms with Gasteiger partial charge in [0.25, 0.3) is 5.56 Å². The van der Waals surface area contributed by atoms with Gasteiger partial charge in [-0.1, -0.05) is 12.0 Å². The summed E-state index contributed by atoms with van der Waals surface area (Å²) in [7, 11) is 0. The number of benzene rings is 2. The van der Waals surface area contributed by atoms with E-state index in [1.807, 2.05) is 0 Å². The number of rotatable bonds is 4. The van der Waals surface area contributed by atoms with Crippen LogP contribution in [0.1, 0.15) is 30.0 Å². The maximum absolute atomic E-state index is 14.7. The average Bonchev–Trinajstić information content (AvgIpc) is 2.88. The summed E-state index contributed by atoms with van der Waals surface area (Å²) in [6.07, 6.45) is 5.66. The Kier molecular flexibility index (Phi) is 6.40. The number of hydrogen-bond acceptors (Lipinski definition) is 8. The molecule has 0 bridgehead atoms. The Morgan fingerprint density at radius 2 is 1.82 bits per heavy atom. The minimum Gasteiger partial charge on any atom is -0.382 e. The van der Waals surface area contributed by atoms with Gasteiger partial charge in [0.2, 0.25) is 0 Å². The summed E-state index contributed by atoms with van der Waals surface area (Å²) >= 11 is 0. The summed E-state index contributed by atoms with van der Waals surface area (Å²) in [5, 5.41) is 2.99. The molecule has 0 aliphatic carbocycles. The molecule has 3 N–H and O–H groups in total. The van der Waals surface area contributed by atoms with E-state index in [1.165, 1.54) is 37.1 Å². The number of hydrogen-bond donors (Lipinski definition) is 2. The highest BCUT2D eigenvalue weighted by Crippen LogP contribution is 2.25. The van der Waals surface area contributed by atoms with Crippen molar-refractivity contribution in [1.82, 2.24) is 29.5 Å². The Morgan fingerprint density at radius 3 is 2.55 bits per heavy atom. The number of nitrogens with two attached hydrogens (primary N) is 1. The Labute approximate surface area is 213 Å². The normalized spacial score (nSPS) is 11.6. The van der Waals surface area contributed by atoms with Crippen molar-refractivity contribution in [3.05, 3.63) is 106 Å². The summed E-state index contributed by atoms with van der Waals surface area (Å²) in [5.74, 6) is 3.35. The highest BCUT2D eigenvalue weighted by molar-refractivity contribution is 5.78. The fourth-order valence-corrected chi connectivity index (χ4v) is 3.79. The molecular weight excluding hydrogens is 497 g/mol. The van der Waals surface area contributed by atoms with Crippen molar-refractivity contribution in [2.24, 2.45) is 0 Å². The summed E-state index contributed by atoms with van der Waals surface area (Å²) in [4.78, 5) is 34.0. The van der Waals surface area contributed by atoms with Crippen LogP contribution in [0.5, 0.6) is 0 Å². The maximum atomic E-state index is 14.7. The Hall–Kier alpha value is -5.31. The standard InChI is InChI=1S/C26H17F3N8O/c1-14(35-24-20(23(30)33-13-34-24)6-5-17-12-31-7-8-32-17)25-36-22-19(3-2-4-21(22)29)26(38)37(25)18-10-15(27)9-16(28)11-18/h2-4,7-14H,1H3,(H3,30,33,34,35). The van der Waals surface area contributed by atoms with Crippen molar-refractivity contribution in [3.63, 3.8) is 0 Å². The lowest BCUT2D eigenvalue weighted by Crippen LogP contribution is -2.28. The largest absolute Gasteiger partial charge is 0.382 e. The Balaban J connectivity index is 1.65. The minimum absolute atomic E-state index is 0.0392. The lowest BCUT2D eigenvalue weighted by atomic mass is 10.2. The van der Waals surface area contributed by atoms with E-state index in [0.29, 0.717) is 11.8 Å². The third-order valence-corrected chi connectivity index (χ3v) is 5.48. The number of anilines is 2. The van der Waals surface area contributed by atoms with Crippen LogP contribution in [0.2, 0.25) is 0 Å². The van der Waals surface area contributed by atoms with E-state index in [2.05, 4.69) is 42.1 Å². The van der Waals surface area contributed by atoms with Crippen molar-refractivity contribution >= 4 is 22.5 Å². The van der Waals surface area contributed by atoms with Crippen molar-refractivity contribution in [2.75, 3.05) is 11.1 Å². The molecular formula is C26H17F3N8O. The second kappa shape index (κ2) is 9.98. The van der Waals surface area contributed by atoms with Gasteiger partial charge in [-0.2, -0.15) is 0 Å². The van der Waals surface area contributed by atoms with Gasteiger partial charge in [0.1, 0.15) is 58.0 Å². The molecule has 188 valence electrons. The number of halogens is 3. The number of aromatic nitrogens is 6. The van der Waals surface area contributed by atoms with E-state index in [1.54, 1.807) is 6.92 Å². The second-order valence-corrected chi connectivity index (χ2v) is 8.06. The van der Waals surface area contributed by atoms with Crippen LogP contribution in [0.3, 0.4) is 0 Å². The molecule has 0 saturated heterocycles. The fourth-order valence-electron chi connectivity index (χ4n) is 3.79. The van der Waals surface area contributed by atoms with E-state index in [-0.39, 0.29) is 39.6 Å². The molecule has 5 rings (SSSR count). The first-order chi connectivity index (χ1) is 18.3. The molecule has 0 amide bonds. The topological polar surface area (TPSA) is 124 Å². The van der Waals surface area contributed by atoms with Gasteiger partial charge in [-0.25, -0.2) is 33.1 Å². The minimum atomic E-state index is -0.900. The van der Waals surface area contributed by atoms with Gasteiger partial charge in [-0.3, -0.25) is 14.3 Å². The maximum Gasteiger partial charge on any atom is 0.266 e. The molecule has 1 atom stereocenters. The van der Waals surface area contributed by atoms with Crippen LogP contribution in [0, 0.1) is 29.3 Å². The van der Waals surface area contributed by atoms with Gasteiger partial charge in [0, 0.05) is 18.5 Å². The van der Waals surface area contributed by atoms with Crippen LogP contribution in [-0.4, -0.2) is 29.5 Å². The summed E-state index contributed by atoms with van der Waals surface area (Å²) in [6, 6.07) is 5.67. The van der Waals surface area contributed by atoms with Crippen LogP contribution in [0.4, 0.5) is 24.8 Å². The quantitative estimate of drug-likeness (QED) is 0.349. The molecule has 9 nitrogen and oxygen atoms in total. The smallest absolute Gasteiger partial charge is 0.266 e.